The van der Waals surface area contributed by atoms with Crippen molar-refractivity contribution in [3.8, 4) is 11.4 Å². The molecule has 0 amide bonds. The molecule has 1 aromatic carbocycles. The van der Waals surface area contributed by atoms with Crippen LogP contribution in [0, 0.1) is 5.82 Å². The number of benzene rings is 1. The van der Waals surface area contributed by atoms with Gasteiger partial charge in [-0.15, -0.1) is 10.2 Å². The van der Waals surface area contributed by atoms with Crippen molar-refractivity contribution in [3.63, 3.8) is 0 Å². The molecule has 114 valence electrons. The van der Waals surface area contributed by atoms with E-state index in [1.165, 1.54) is 12.1 Å². The maximum atomic E-state index is 14.2. The molecule has 0 fully saturated rings. The fourth-order valence-corrected chi connectivity index (χ4v) is 2.43. The van der Waals surface area contributed by atoms with Gasteiger partial charge in [0.15, 0.2) is 5.82 Å². The predicted octanol–water partition coefficient (Wildman–Crippen LogP) is 4.41. The lowest BCUT2D eigenvalue weighted by Crippen LogP contribution is -2.10. The molecule has 1 heterocycles. The van der Waals surface area contributed by atoms with Crippen LogP contribution in [-0.4, -0.2) is 14.8 Å². The number of hydrogen-bond donors (Lipinski definition) is 0. The third-order valence-corrected chi connectivity index (χ3v) is 3.44. The first-order valence-corrected chi connectivity index (χ1v) is 7.36. The van der Waals surface area contributed by atoms with Crippen LogP contribution >= 0.6 is 15.9 Å². The molecule has 0 saturated carbocycles. The van der Waals surface area contributed by atoms with Gasteiger partial charge in [0, 0.05) is 6.54 Å². The molecule has 0 saturated heterocycles. The summed E-state index contributed by atoms with van der Waals surface area (Å²) in [4.78, 5) is 0. The molecule has 0 aliphatic rings. The summed E-state index contributed by atoms with van der Waals surface area (Å²) >= 11 is 3.23. The van der Waals surface area contributed by atoms with E-state index in [0.29, 0.717) is 23.8 Å². The van der Waals surface area contributed by atoms with Crippen molar-refractivity contribution in [1.82, 2.24) is 14.8 Å². The van der Waals surface area contributed by atoms with Gasteiger partial charge < -0.3 is 4.57 Å². The zero-order valence-corrected chi connectivity index (χ0v) is 12.7. The zero-order chi connectivity index (χ0) is 15.6. The summed E-state index contributed by atoms with van der Waals surface area (Å²) in [5.74, 6) is -0.672. The maximum Gasteiger partial charge on any atom is 0.419 e. The van der Waals surface area contributed by atoms with E-state index in [2.05, 4.69) is 26.1 Å². The Morgan fingerprint density at radius 2 is 1.95 bits per heavy atom. The van der Waals surface area contributed by atoms with Crippen LogP contribution in [0.5, 0.6) is 0 Å². The van der Waals surface area contributed by atoms with Gasteiger partial charge in [0.2, 0.25) is 0 Å². The van der Waals surface area contributed by atoms with Gasteiger partial charge in [-0.1, -0.05) is 28.9 Å². The summed E-state index contributed by atoms with van der Waals surface area (Å²) in [7, 11) is 0. The monoisotopic (exact) mass is 365 g/mol. The molecule has 21 heavy (non-hydrogen) atoms. The minimum absolute atomic E-state index is 0.106. The molecule has 1 aromatic heterocycles. The Kier molecular flexibility index (Phi) is 4.65. The third-order valence-electron chi connectivity index (χ3n) is 2.94. The number of halogens is 5. The van der Waals surface area contributed by atoms with Gasteiger partial charge in [-0.05, 0) is 18.6 Å². The number of nitrogens with zero attached hydrogens (tertiary/aromatic N) is 3. The van der Waals surface area contributed by atoms with Gasteiger partial charge in [-0.25, -0.2) is 4.39 Å². The van der Waals surface area contributed by atoms with Crippen LogP contribution in [0.3, 0.4) is 0 Å². The van der Waals surface area contributed by atoms with E-state index < -0.39 is 17.6 Å². The van der Waals surface area contributed by atoms with E-state index in [1.807, 2.05) is 6.92 Å². The first kappa shape index (κ1) is 15.9. The lowest BCUT2D eigenvalue weighted by molar-refractivity contribution is -0.139. The van der Waals surface area contributed by atoms with Gasteiger partial charge >= 0.3 is 6.18 Å². The maximum absolute atomic E-state index is 14.2. The van der Waals surface area contributed by atoms with Crippen LogP contribution in [0.15, 0.2) is 18.2 Å². The summed E-state index contributed by atoms with van der Waals surface area (Å²) < 4.78 is 54.1. The zero-order valence-electron chi connectivity index (χ0n) is 11.1. The Hall–Kier alpha value is -1.44. The summed E-state index contributed by atoms with van der Waals surface area (Å²) in [5.41, 5.74) is -1.50. The lowest BCUT2D eigenvalue weighted by Gasteiger charge is -2.12. The van der Waals surface area contributed by atoms with Gasteiger partial charge in [-0.3, -0.25) is 0 Å². The highest BCUT2D eigenvalue weighted by atomic mass is 79.9. The molecule has 0 bridgehead atoms. The Balaban J connectivity index is 2.60. The quantitative estimate of drug-likeness (QED) is 0.593. The van der Waals surface area contributed by atoms with E-state index >= 15 is 0 Å². The second-order valence-electron chi connectivity index (χ2n) is 4.39. The van der Waals surface area contributed by atoms with Crippen molar-refractivity contribution >= 4 is 15.9 Å². The van der Waals surface area contributed by atoms with Crippen LogP contribution in [0.25, 0.3) is 11.4 Å². The van der Waals surface area contributed by atoms with E-state index in [1.54, 1.807) is 4.57 Å². The highest BCUT2D eigenvalue weighted by Gasteiger charge is 2.35. The van der Waals surface area contributed by atoms with E-state index in [0.717, 1.165) is 6.42 Å². The molecule has 0 aliphatic heterocycles. The molecule has 0 spiro atoms. The van der Waals surface area contributed by atoms with E-state index in [-0.39, 0.29) is 11.4 Å². The van der Waals surface area contributed by atoms with Crippen molar-refractivity contribution in [1.29, 1.82) is 0 Å². The normalized spacial score (nSPS) is 11.9. The van der Waals surface area contributed by atoms with Crippen LogP contribution in [0.2, 0.25) is 0 Å². The fraction of sp³-hybridized carbons (Fsp3) is 0.385. The topological polar surface area (TPSA) is 30.7 Å². The highest BCUT2D eigenvalue weighted by molar-refractivity contribution is 9.08. The summed E-state index contributed by atoms with van der Waals surface area (Å²) in [6.45, 7) is 2.41. The largest absolute Gasteiger partial charge is 0.419 e. The molecule has 0 N–H and O–H groups in total. The molecule has 3 nitrogen and oxygen atoms in total. The van der Waals surface area contributed by atoms with Crippen LogP contribution in [0.4, 0.5) is 17.6 Å². The Morgan fingerprint density at radius 1 is 1.24 bits per heavy atom. The number of hydrogen-bond acceptors (Lipinski definition) is 2. The summed E-state index contributed by atoms with van der Waals surface area (Å²) in [5, 5.41) is 8.11. The smallest absolute Gasteiger partial charge is 0.310 e. The molecule has 0 unspecified atom stereocenters. The fourth-order valence-electron chi connectivity index (χ4n) is 2.02. The first-order valence-electron chi connectivity index (χ1n) is 6.24. The van der Waals surface area contributed by atoms with Crippen LogP contribution < -0.4 is 0 Å². The number of alkyl halides is 4. The van der Waals surface area contributed by atoms with Crippen molar-refractivity contribution < 1.29 is 17.6 Å². The third kappa shape index (κ3) is 3.09. The van der Waals surface area contributed by atoms with Gasteiger partial charge in [0.05, 0.1) is 16.5 Å². The minimum Gasteiger partial charge on any atom is -0.310 e. The minimum atomic E-state index is -4.74. The van der Waals surface area contributed by atoms with Crippen molar-refractivity contribution in [2.45, 2.75) is 31.4 Å². The van der Waals surface area contributed by atoms with Gasteiger partial charge in [0.1, 0.15) is 11.6 Å². The number of rotatable bonds is 4. The molecule has 2 rings (SSSR count). The molecule has 0 aliphatic carbocycles. The average molecular weight is 366 g/mol. The Morgan fingerprint density at radius 3 is 2.52 bits per heavy atom. The average Bonchev–Trinajstić information content (AvgIpc) is 2.81. The first-order chi connectivity index (χ1) is 9.90. The Bertz CT molecular complexity index is 637. The Labute approximate surface area is 127 Å². The molecule has 2 aromatic rings. The molecular formula is C13H12BrF4N3. The molecule has 0 atom stereocenters. The van der Waals surface area contributed by atoms with Gasteiger partial charge in [-0.2, -0.15) is 13.2 Å². The highest BCUT2D eigenvalue weighted by Crippen LogP contribution is 2.35. The predicted molar refractivity (Wildman–Crippen MR) is 73.3 cm³/mol. The second kappa shape index (κ2) is 6.13. The van der Waals surface area contributed by atoms with E-state index in [4.69, 9.17) is 0 Å². The molecular weight excluding hydrogens is 354 g/mol. The SMILES string of the molecule is CCCn1c(CBr)nnc1-c1cccc(C(F)(F)F)c1F. The van der Waals surface area contributed by atoms with Gasteiger partial charge in [0.25, 0.3) is 0 Å². The molecule has 8 heteroatoms. The number of aromatic nitrogens is 3. The standard InChI is InChI=1S/C13H12BrF4N3/c1-2-6-21-10(7-14)19-20-12(21)8-4-3-5-9(11(8)15)13(16,17)18/h3-5H,2,6-7H2,1H3. The van der Waals surface area contributed by atoms with Crippen LogP contribution in [0.1, 0.15) is 24.7 Å². The second-order valence-corrected chi connectivity index (χ2v) is 4.95. The lowest BCUT2D eigenvalue weighted by atomic mass is 10.1. The van der Waals surface area contributed by atoms with E-state index in [9.17, 15) is 17.6 Å². The van der Waals surface area contributed by atoms with Crippen LogP contribution in [-0.2, 0) is 18.1 Å². The summed E-state index contributed by atoms with van der Waals surface area (Å²) in [6.07, 6.45) is -4.01. The van der Waals surface area contributed by atoms with Crippen molar-refractivity contribution in [3.05, 3.63) is 35.4 Å². The molecule has 0 radical (unpaired) electrons. The van der Waals surface area contributed by atoms with Crippen molar-refractivity contribution in [2.75, 3.05) is 0 Å². The summed E-state index contributed by atoms with van der Waals surface area (Å²) in [6, 6.07) is 3.16. The van der Waals surface area contributed by atoms with Crippen molar-refractivity contribution in [2.24, 2.45) is 0 Å².